The zero-order chi connectivity index (χ0) is 21.2. The Labute approximate surface area is 174 Å². The lowest BCUT2D eigenvalue weighted by molar-refractivity contribution is 0.0891. The molecule has 0 unspecified atom stereocenters. The normalized spacial score (nSPS) is 22.1. The monoisotopic (exact) mass is 414 g/mol. The van der Waals surface area contributed by atoms with Gasteiger partial charge in [0, 0.05) is 17.3 Å². The summed E-state index contributed by atoms with van der Waals surface area (Å²) in [5, 5.41) is 3.14. The molecule has 3 atom stereocenters. The number of hydrogen-bond donors (Lipinski definition) is 2. The summed E-state index contributed by atoms with van der Waals surface area (Å²) in [7, 11) is -3.69. The maximum Gasteiger partial charge on any atom is 0.262 e. The molecule has 1 aliphatic rings. The Morgan fingerprint density at radius 2 is 1.69 bits per heavy atom. The smallest absolute Gasteiger partial charge is 0.262 e. The van der Waals surface area contributed by atoms with Gasteiger partial charge in [0.1, 0.15) is 0 Å². The summed E-state index contributed by atoms with van der Waals surface area (Å²) >= 11 is 0. The molecule has 0 bridgehead atoms. The molecule has 2 N–H and O–H groups in total. The highest BCUT2D eigenvalue weighted by atomic mass is 32.2. The number of anilines is 1. The van der Waals surface area contributed by atoms with E-state index in [2.05, 4.69) is 23.9 Å². The third kappa shape index (κ3) is 4.99. The van der Waals surface area contributed by atoms with E-state index in [0.717, 1.165) is 18.4 Å². The molecule has 29 heavy (non-hydrogen) atoms. The van der Waals surface area contributed by atoms with Crippen molar-refractivity contribution in [1.29, 1.82) is 0 Å². The second-order valence-electron chi connectivity index (χ2n) is 8.30. The summed E-state index contributed by atoms with van der Waals surface area (Å²) in [6.07, 6.45) is 3.35. The Hall–Kier alpha value is -2.34. The Morgan fingerprint density at radius 3 is 2.38 bits per heavy atom. The van der Waals surface area contributed by atoms with Gasteiger partial charge in [0.15, 0.2) is 0 Å². The highest BCUT2D eigenvalue weighted by Gasteiger charge is 2.28. The molecule has 1 saturated carbocycles. The van der Waals surface area contributed by atoms with Crippen molar-refractivity contribution in [2.45, 2.75) is 57.9 Å². The van der Waals surface area contributed by atoms with Crippen LogP contribution in [0.25, 0.3) is 0 Å². The van der Waals surface area contributed by atoms with Crippen LogP contribution in [-0.4, -0.2) is 20.4 Å². The fourth-order valence-electron chi connectivity index (χ4n) is 3.93. The molecule has 1 aliphatic carbocycles. The Bertz CT molecular complexity index is 984. The van der Waals surface area contributed by atoms with Crippen LogP contribution in [0.5, 0.6) is 0 Å². The molecule has 156 valence electrons. The summed E-state index contributed by atoms with van der Waals surface area (Å²) in [4.78, 5) is 12.9. The largest absolute Gasteiger partial charge is 0.349 e. The first-order valence-electron chi connectivity index (χ1n) is 10.2. The number of carbonyl (C=O) groups is 1. The predicted molar refractivity (Wildman–Crippen MR) is 117 cm³/mol. The number of aryl methyl sites for hydroxylation is 2. The molecular formula is C23H30N2O3S. The van der Waals surface area contributed by atoms with Gasteiger partial charge >= 0.3 is 0 Å². The summed E-state index contributed by atoms with van der Waals surface area (Å²) in [5.74, 6) is 0.951. The van der Waals surface area contributed by atoms with E-state index in [1.165, 1.54) is 6.42 Å². The fourth-order valence-corrected chi connectivity index (χ4v) is 5.32. The minimum atomic E-state index is -3.69. The average molecular weight is 415 g/mol. The quantitative estimate of drug-likeness (QED) is 0.747. The zero-order valence-electron chi connectivity index (χ0n) is 17.5. The highest BCUT2D eigenvalue weighted by molar-refractivity contribution is 7.92. The molecule has 0 aliphatic heterocycles. The van der Waals surface area contributed by atoms with E-state index in [9.17, 15) is 13.2 Å². The molecule has 2 aromatic carbocycles. The Balaban J connectivity index is 1.70. The molecule has 1 amide bonds. The maximum absolute atomic E-state index is 12.7. The molecule has 1 fully saturated rings. The lowest BCUT2D eigenvalue weighted by Crippen LogP contribution is -2.43. The van der Waals surface area contributed by atoms with Gasteiger partial charge in [-0.05, 0) is 73.6 Å². The number of benzene rings is 2. The van der Waals surface area contributed by atoms with Crippen LogP contribution in [0.2, 0.25) is 0 Å². The van der Waals surface area contributed by atoms with Crippen molar-refractivity contribution in [3.05, 3.63) is 59.2 Å². The number of sulfonamides is 1. The van der Waals surface area contributed by atoms with Gasteiger partial charge in [0.2, 0.25) is 0 Å². The van der Waals surface area contributed by atoms with Crippen molar-refractivity contribution >= 4 is 21.6 Å². The standard InChI is InChI=1S/C23H30N2O3S/c1-15-8-9-17(3)22(14-15)29(27,28)25-20-12-10-19(11-13-20)23(26)24-21-7-5-6-16(2)18(21)4/h8-14,16,18,21,25H,5-7H2,1-4H3,(H,24,26)/t16-,18-,21+/m0/s1. The molecule has 0 spiro atoms. The molecule has 0 aromatic heterocycles. The Kier molecular flexibility index (Phi) is 6.32. The first kappa shape index (κ1) is 21.4. The summed E-state index contributed by atoms with van der Waals surface area (Å²) in [5.41, 5.74) is 2.54. The van der Waals surface area contributed by atoms with Gasteiger partial charge < -0.3 is 5.32 Å². The van der Waals surface area contributed by atoms with E-state index < -0.39 is 10.0 Å². The lowest BCUT2D eigenvalue weighted by Gasteiger charge is -2.34. The van der Waals surface area contributed by atoms with Gasteiger partial charge in [-0.25, -0.2) is 8.42 Å². The molecule has 5 nitrogen and oxygen atoms in total. The molecular weight excluding hydrogens is 384 g/mol. The van der Waals surface area contributed by atoms with Crippen LogP contribution in [0.15, 0.2) is 47.4 Å². The highest BCUT2D eigenvalue weighted by Crippen LogP contribution is 2.29. The van der Waals surface area contributed by atoms with Gasteiger partial charge in [0.05, 0.1) is 4.90 Å². The van der Waals surface area contributed by atoms with Gasteiger partial charge in [-0.2, -0.15) is 0 Å². The van der Waals surface area contributed by atoms with Gasteiger partial charge in [-0.3, -0.25) is 9.52 Å². The second kappa shape index (κ2) is 8.57. The molecule has 0 saturated heterocycles. The topological polar surface area (TPSA) is 75.3 Å². The lowest BCUT2D eigenvalue weighted by atomic mass is 9.78. The first-order valence-corrected chi connectivity index (χ1v) is 11.7. The van der Waals surface area contributed by atoms with Crippen molar-refractivity contribution in [2.75, 3.05) is 4.72 Å². The number of rotatable bonds is 5. The molecule has 6 heteroatoms. The average Bonchev–Trinajstić information content (AvgIpc) is 2.67. The van der Waals surface area contributed by atoms with Gasteiger partial charge in [0.25, 0.3) is 15.9 Å². The molecule has 3 rings (SSSR count). The van der Waals surface area contributed by atoms with Crippen LogP contribution in [0.4, 0.5) is 5.69 Å². The van der Waals surface area contributed by atoms with Gasteiger partial charge in [-0.15, -0.1) is 0 Å². The summed E-state index contributed by atoms with van der Waals surface area (Å²) in [6.45, 7) is 8.06. The van der Waals surface area contributed by atoms with Gasteiger partial charge in [-0.1, -0.05) is 38.8 Å². The maximum atomic E-state index is 12.7. The van der Waals surface area contributed by atoms with Crippen molar-refractivity contribution in [1.82, 2.24) is 5.32 Å². The van der Waals surface area contributed by atoms with E-state index in [0.29, 0.717) is 28.7 Å². The van der Waals surface area contributed by atoms with Crippen LogP contribution in [-0.2, 0) is 10.0 Å². The number of hydrogen-bond acceptors (Lipinski definition) is 3. The SMILES string of the molecule is Cc1ccc(C)c(S(=O)(=O)Nc2ccc(C(=O)N[C@@H]3CCC[C@H](C)[C@@H]3C)cc2)c1. The Morgan fingerprint density at radius 1 is 1.00 bits per heavy atom. The van der Waals surface area contributed by atoms with Crippen LogP contribution >= 0.6 is 0 Å². The molecule has 0 radical (unpaired) electrons. The van der Waals surface area contributed by atoms with E-state index in [1.807, 2.05) is 13.0 Å². The summed E-state index contributed by atoms with van der Waals surface area (Å²) in [6, 6.07) is 12.1. The van der Waals surface area contributed by atoms with Crippen molar-refractivity contribution < 1.29 is 13.2 Å². The molecule has 2 aromatic rings. The van der Waals surface area contributed by atoms with Crippen LogP contribution in [0.1, 0.15) is 54.6 Å². The van der Waals surface area contributed by atoms with Crippen molar-refractivity contribution in [2.24, 2.45) is 11.8 Å². The van der Waals surface area contributed by atoms with E-state index in [1.54, 1.807) is 43.3 Å². The third-order valence-electron chi connectivity index (χ3n) is 6.06. The fraction of sp³-hybridized carbons (Fsp3) is 0.435. The predicted octanol–water partition coefficient (Wildman–Crippen LogP) is 4.66. The van der Waals surface area contributed by atoms with E-state index in [4.69, 9.17) is 0 Å². The number of nitrogens with one attached hydrogen (secondary N) is 2. The van der Waals surface area contributed by atoms with E-state index >= 15 is 0 Å². The minimum absolute atomic E-state index is 0.111. The third-order valence-corrected chi connectivity index (χ3v) is 7.58. The summed E-state index contributed by atoms with van der Waals surface area (Å²) < 4.78 is 28.1. The van der Waals surface area contributed by atoms with Crippen LogP contribution < -0.4 is 10.0 Å². The van der Waals surface area contributed by atoms with E-state index in [-0.39, 0.29) is 16.8 Å². The zero-order valence-corrected chi connectivity index (χ0v) is 18.3. The van der Waals surface area contributed by atoms with Crippen molar-refractivity contribution in [3.63, 3.8) is 0 Å². The minimum Gasteiger partial charge on any atom is -0.349 e. The van der Waals surface area contributed by atoms with Crippen molar-refractivity contribution in [3.8, 4) is 0 Å². The van der Waals surface area contributed by atoms with Crippen LogP contribution in [0.3, 0.4) is 0 Å². The second-order valence-corrected chi connectivity index (χ2v) is 9.95. The van der Waals surface area contributed by atoms with Crippen LogP contribution in [0, 0.1) is 25.7 Å². The first-order chi connectivity index (χ1) is 13.7. The number of carbonyl (C=O) groups excluding carboxylic acids is 1. The molecule has 0 heterocycles. The number of amides is 1.